The molecule has 1 aromatic rings. The van der Waals surface area contributed by atoms with E-state index in [1.165, 1.54) is 6.42 Å². The molecule has 3 nitrogen and oxygen atoms in total. The summed E-state index contributed by atoms with van der Waals surface area (Å²) in [5.74, 6) is -0.188. The number of carbonyl (C=O) groups is 1. The molecule has 2 rings (SSSR count). The molecule has 18 heavy (non-hydrogen) atoms. The van der Waals surface area contributed by atoms with E-state index >= 15 is 0 Å². The first-order valence-corrected chi connectivity index (χ1v) is 6.64. The van der Waals surface area contributed by atoms with Crippen molar-refractivity contribution in [2.75, 3.05) is 6.54 Å². The van der Waals surface area contributed by atoms with Crippen LogP contribution in [-0.4, -0.2) is 28.6 Å². The van der Waals surface area contributed by atoms with Gasteiger partial charge in [0.15, 0.2) is 0 Å². The molecule has 0 aromatic heterocycles. The fraction of sp³-hybridized carbons (Fsp3) is 0.533. The van der Waals surface area contributed by atoms with Crippen LogP contribution in [0.5, 0.6) is 0 Å². The number of hydrogen-bond acceptors (Lipinski definition) is 2. The Morgan fingerprint density at radius 3 is 2.61 bits per heavy atom. The van der Waals surface area contributed by atoms with E-state index < -0.39 is 12.0 Å². The molecule has 1 aliphatic rings. The van der Waals surface area contributed by atoms with Gasteiger partial charge in [-0.25, -0.2) is 0 Å². The van der Waals surface area contributed by atoms with Gasteiger partial charge in [0.25, 0.3) is 0 Å². The molecule has 3 atom stereocenters. The fourth-order valence-corrected chi connectivity index (χ4v) is 2.84. The van der Waals surface area contributed by atoms with E-state index in [0.717, 1.165) is 18.5 Å². The maximum Gasteiger partial charge on any atom is 0.325 e. The van der Waals surface area contributed by atoms with Crippen LogP contribution in [0.3, 0.4) is 0 Å². The summed E-state index contributed by atoms with van der Waals surface area (Å²) in [6.07, 6.45) is 2.28. The van der Waals surface area contributed by atoms with E-state index in [9.17, 15) is 9.90 Å². The summed E-state index contributed by atoms with van der Waals surface area (Å²) in [5, 5.41) is 9.54. The Morgan fingerprint density at radius 1 is 1.33 bits per heavy atom. The van der Waals surface area contributed by atoms with Crippen molar-refractivity contribution in [2.24, 2.45) is 5.92 Å². The molecule has 0 radical (unpaired) electrons. The van der Waals surface area contributed by atoms with Gasteiger partial charge in [0.2, 0.25) is 0 Å². The average Bonchev–Trinajstić information content (AvgIpc) is 2.36. The minimum atomic E-state index is -0.748. The topological polar surface area (TPSA) is 40.5 Å². The largest absolute Gasteiger partial charge is 0.480 e. The summed E-state index contributed by atoms with van der Waals surface area (Å²) in [5.41, 5.74) is 0.881. The number of carboxylic acid groups (broad SMARTS) is 1. The summed E-state index contributed by atoms with van der Waals surface area (Å²) < 4.78 is 0. The second-order valence-electron chi connectivity index (χ2n) is 5.25. The molecule has 0 aliphatic carbocycles. The lowest BCUT2D eigenvalue weighted by molar-refractivity contribution is -0.145. The van der Waals surface area contributed by atoms with Crippen LogP contribution in [0.25, 0.3) is 0 Å². The van der Waals surface area contributed by atoms with Gasteiger partial charge in [0.05, 0.1) is 0 Å². The summed E-state index contributed by atoms with van der Waals surface area (Å²) >= 11 is 0. The summed E-state index contributed by atoms with van der Waals surface area (Å²) in [6.45, 7) is 5.22. The Labute approximate surface area is 108 Å². The van der Waals surface area contributed by atoms with Gasteiger partial charge in [0.1, 0.15) is 6.04 Å². The van der Waals surface area contributed by atoms with Crippen molar-refractivity contribution in [2.45, 2.75) is 38.8 Å². The van der Waals surface area contributed by atoms with Gasteiger partial charge in [-0.3, -0.25) is 9.69 Å². The molecule has 1 heterocycles. The first kappa shape index (κ1) is 13.1. The van der Waals surface area contributed by atoms with Crippen LogP contribution < -0.4 is 0 Å². The SMILES string of the molecule is CC1CCCN(C(C(=O)O)c2ccccc2)C1C. The van der Waals surface area contributed by atoms with Crippen molar-refractivity contribution < 1.29 is 9.90 Å². The average molecular weight is 247 g/mol. The van der Waals surface area contributed by atoms with Crippen LogP contribution in [0.1, 0.15) is 38.3 Å². The molecular weight excluding hydrogens is 226 g/mol. The van der Waals surface area contributed by atoms with E-state index in [-0.39, 0.29) is 0 Å². The van der Waals surface area contributed by atoms with Gasteiger partial charge < -0.3 is 5.11 Å². The van der Waals surface area contributed by atoms with Gasteiger partial charge in [-0.05, 0) is 37.8 Å². The predicted octanol–water partition coefficient (Wildman–Crippen LogP) is 2.93. The number of piperidine rings is 1. The van der Waals surface area contributed by atoms with E-state index in [4.69, 9.17) is 0 Å². The van der Waals surface area contributed by atoms with Crippen molar-refractivity contribution in [1.29, 1.82) is 0 Å². The number of carboxylic acids is 1. The molecule has 0 saturated carbocycles. The third-order valence-electron chi connectivity index (χ3n) is 4.10. The van der Waals surface area contributed by atoms with E-state index in [1.54, 1.807) is 0 Å². The van der Waals surface area contributed by atoms with Gasteiger partial charge in [0, 0.05) is 6.04 Å². The third kappa shape index (κ3) is 2.56. The first-order chi connectivity index (χ1) is 8.61. The van der Waals surface area contributed by atoms with Crippen molar-refractivity contribution in [1.82, 2.24) is 4.90 Å². The number of hydrogen-bond donors (Lipinski definition) is 1. The summed E-state index contributed by atoms with van der Waals surface area (Å²) in [4.78, 5) is 13.7. The van der Waals surface area contributed by atoms with Gasteiger partial charge >= 0.3 is 5.97 Å². The Balaban J connectivity index is 2.28. The zero-order valence-electron chi connectivity index (χ0n) is 11.0. The number of rotatable bonds is 3. The Bertz CT molecular complexity index is 404. The van der Waals surface area contributed by atoms with Crippen molar-refractivity contribution >= 4 is 5.97 Å². The number of likely N-dealkylation sites (tertiary alicyclic amines) is 1. The van der Waals surface area contributed by atoms with Crippen molar-refractivity contribution in [3.05, 3.63) is 35.9 Å². The first-order valence-electron chi connectivity index (χ1n) is 6.64. The molecule has 1 saturated heterocycles. The smallest absolute Gasteiger partial charge is 0.325 e. The lowest BCUT2D eigenvalue weighted by atomic mass is 9.89. The Kier molecular flexibility index (Phi) is 4.02. The second kappa shape index (κ2) is 5.53. The van der Waals surface area contributed by atoms with Crippen LogP contribution in [0.15, 0.2) is 30.3 Å². The predicted molar refractivity (Wildman–Crippen MR) is 71.4 cm³/mol. The number of aliphatic carboxylic acids is 1. The van der Waals surface area contributed by atoms with Crippen LogP contribution >= 0.6 is 0 Å². The molecule has 3 heteroatoms. The van der Waals surface area contributed by atoms with Gasteiger partial charge in [-0.2, -0.15) is 0 Å². The van der Waals surface area contributed by atoms with Crippen LogP contribution in [0.4, 0.5) is 0 Å². The zero-order chi connectivity index (χ0) is 13.1. The molecule has 1 aromatic carbocycles. The number of nitrogens with zero attached hydrogens (tertiary/aromatic N) is 1. The highest BCUT2D eigenvalue weighted by Crippen LogP contribution is 2.31. The molecule has 0 spiro atoms. The van der Waals surface area contributed by atoms with Gasteiger partial charge in [-0.15, -0.1) is 0 Å². The lowest BCUT2D eigenvalue weighted by Gasteiger charge is -2.41. The third-order valence-corrected chi connectivity index (χ3v) is 4.10. The second-order valence-corrected chi connectivity index (χ2v) is 5.25. The van der Waals surface area contributed by atoms with E-state index in [2.05, 4.69) is 18.7 Å². The summed E-state index contributed by atoms with van der Waals surface area (Å²) in [6, 6.07) is 9.36. The zero-order valence-corrected chi connectivity index (χ0v) is 11.0. The highest BCUT2D eigenvalue weighted by atomic mass is 16.4. The Morgan fingerprint density at radius 2 is 2.00 bits per heavy atom. The molecular formula is C15H21NO2. The lowest BCUT2D eigenvalue weighted by Crippen LogP contribution is -2.46. The molecule has 1 N–H and O–H groups in total. The number of benzene rings is 1. The minimum Gasteiger partial charge on any atom is -0.480 e. The molecule has 0 bridgehead atoms. The molecule has 98 valence electrons. The molecule has 3 unspecified atom stereocenters. The van der Waals surface area contributed by atoms with E-state index in [0.29, 0.717) is 12.0 Å². The normalized spacial score (nSPS) is 26.8. The summed E-state index contributed by atoms with van der Waals surface area (Å²) in [7, 11) is 0. The minimum absolute atomic E-state index is 0.319. The molecule has 1 fully saturated rings. The standard InChI is InChI=1S/C15H21NO2/c1-11-7-6-10-16(12(11)2)14(15(17)18)13-8-4-3-5-9-13/h3-5,8-9,11-12,14H,6-7,10H2,1-2H3,(H,17,18). The van der Waals surface area contributed by atoms with Gasteiger partial charge in [-0.1, -0.05) is 37.3 Å². The highest BCUT2D eigenvalue weighted by molar-refractivity contribution is 5.75. The maximum atomic E-state index is 11.6. The molecule has 1 aliphatic heterocycles. The van der Waals surface area contributed by atoms with Crippen LogP contribution in [0.2, 0.25) is 0 Å². The maximum absolute atomic E-state index is 11.6. The monoisotopic (exact) mass is 247 g/mol. The van der Waals surface area contributed by atoms with Crippen LogP contribution in [-0.2, 0) is 4.79 Å². The quantitative estimate of drug-likeness (QED) is 0.892. The van der Waals surface area contributed by atoms with Crippen molar-refractivity contribution in [3.63, 3.8) is 0 Å². The van der Waals surface area contributed by atoms with E-state index in [1.807, 2.05) is 30.3 Å². The fourth-order valence-electron chi connectivity index (χ4n) is 2.84. The Hall–Kier alpha value is -1.35. The highest BCUT2D eigenvalue weighted by Gasteiger charge is 2.34. The molecule has 0 amide bonds. The van der Waals surface area contributed by atoms with Crippen LogP contribution in [0, 0.1) is 5.92 Å². The van der Waals surface area contributed by atoms with Crippen molar-refractivity contribution in [3.8, 4) is 0 Å².